The molecular weight excluding hydrogens is 471 g/mol. The summed E-state index contributed by atoms with van der Waals surface area (Å²) in [5, 5.41) is 9.44. The number of carboxylic acid groups (broad SMARTS) is 1. The first-order valence-corrected chi connectivity index (χ1v) is 10.7. The lowest BCUT2D eigenvalue weighted by atomic mass is 10.0. The molecular formula is C22H20F3N5O5. The molecule has 3 heterocycles. The van der Waals surface area contributed by atoms with Crippen LogP contribution in [-0.2, 0) is 20.9 Å². The topological polar surface area (TPSA) is 156 Å². The number of carboxylic acids is 1. The number of alkyl halides is 3. The minimum atomic E-state index is -5.08. The SMILES string of the molecule is Nc1nc(-c2ccc3c(c2)CN(C2CCC(=O)NC2=O)C3=O)cc(C2CC2)n1.O=C(O)C(F)(F)F. The molecule has 5 rings (SSSR count). The monoisotopic (exact) mass is 491 g/mol. The van der Waals surface area contributed by atoms with Crippen LogP contribution in [0.5, 0.6) is 0 Å². The van der Waals surface area contributed by atoms with Gasteiger partial charge in [-0.15, -0.1) is 0 Å². The second kappa shape index (κ2) is 8.96. The number of benzene rings is 1. The average Bonchev–Trinajstić information content (AvgIpc) is 3.58. The second-order valence-corrected chi connectivity index (χ2v) is 8.39. The Hall–Kier alpha value is -4.03. The van der Waals surface area contributed by atoms with Crippen molar-refractivity contribution in [3.63, 3.8) is 0 Å². The number of imide groups is 1. The molecule has 3 amide bonds. The third-order valence-corrected chi connectivity index (χ3v) is 5.82. The molecule has 1 saturated heterocycles. The van der Waals surface area contributed by atoms with Gasteiger partial charge in [-0.2, -0.15) is 13.2 Å². The van der Waals surface area contributed by atoms with Gasteiger partial charge in [-0.1, -0.05) is 6.07 Å². The van der Waals surface area contributed by atoms with Gasteiger partial charge in [0.05, 0.1) is 5.69 Å². The van der Waals surface area contributed by atoms with Gasteiger partial charge in [-0.3, -0.25) is 19.7 Å². The van der Waals surface area contributed by atoms with E-state index in [9.17, 15) is 27.6 Å². The summed E-state index contributed by atoms with van der Waals surface area (Å²) in [6.45, 7) is 0.338. The Kier molecular flexibility index (Phi) is 6.17. The normalized spacial score (nSPS) is 19.6. The first-order chi connectivity index (χ1) is 16.4. The number of nitrogens with two attached hydrogens (primary N) is 1. The number of hydrogen-bond donors (Lipinski definition) is 3. The standard InChI is InChI=1S/C20H19N5O3.C2HF3O2/c21-20-22-14(10-1-2-10)8-15(23-20)11-3-4-13-12(7-11)9-25(19(13)28)16-5-6-17(26)24-18(16)27;3-2(4,5)1(6)7/h3-4,7-8,10,16H,1-2,5-6,9H2,(H2,21,22,23)(H,24,26,27);(H,6,7). The Morgan fingerprint density at radius 2 is 1.80 bits per heavy atom. The summed E-state index contributed by atoms with van der Waals surface area (Å²) < 4.78 is 31.7. The van der Waals surface area contributed by atoms with Gasteiger partial charge in [0, 0.05) is 35.7 Å². The highest BCUT2D eigenvalue weighted by atomic mass is 19.4. The third kappa shape index (κ3) is 5.23. The highest BCUT2D eigenvalue weighted by Gasteiger charge is 2.39. The zero-order valence-electron chi connectivity index (χ0n) is 18.1. The number of nitrogens with zero attached hydrogens (tertiary/aromatic N) is 3. The molecule has 4 N–H and O–H groups in total. The van der Waals surface area contributed by atoms with Gasteiger partial charge in [0.1, 0.15) is 6.04 Å². The largest absolute Gasteiger partial charge is 0.490 e. The molecule has 1 aromatic carbocycles. The van der Waals surface area contributed by atoms with Crippen molar-refractivity contribution >= 4 is 29.6 Å². The Morgan fingerprint density at radius 1 is 1.11 bits per heavy atom. The van der Waals surface area contributed by atoms with E-state index in [4.69, 9.17) is 15.6 Å². The van der Waals surface area contributed by atoms with Crippen LogP contribution < -0.4 is 11.1 Å². The number of halogens is 3. The van der Waals surface area contributed by atoms with Crippen LogP contribution in [-0.4, -0.2) is 55.9 Å². The highest BCUT2D eigenvalue weighted by Crippen LogP contribution is 2.40. The lowest BCUT2D eigenvalue weighted by Gasteiger charge is -2.29. The molecule has 0 bridgehead atoms. The van der Waals surface area contributed by atoms with Gasteiger partial charge in [0.25, 0.3) is 5.91 Å². The molecule has 0 radical (unpaired) electrons. The van der Waals surface area contributed by atoms with E-state index in [1.807, 2.05) is 18.2 Å². The number of fused-ring (bicyclic) bond motifs is 1. The number of hydrogen-bond acceptors (Lipinski definition) is 7. The molecule has 10 nitrogen and oxygen atoms in total. The number of aromatic nitrogens is 2. The molecule has 2 aliphatic heterocycles. The number of carbonyl (C=O) groups excluding carboxylic acids is 3. The summed E-state index contributed by atoms with van der Waals surface area (Å²) in [7, 11) is 0. The predicted octanol–water partition coefficient (Wildman–Crippen LogP) is 2.00. The van der Waals surface area contributed by atoms with E-state index in [1.54, 1.807) is 11.0 Å². The highest BCUT2D eigenvalue weighted by molar-refractivity contribution is 6.05. The van der Waals surface area contributed by atoms with E-state index in [-0.39, 0.29) is 24.2 Å². The maximum absolute atomic E-state index is 12.8. The number of piperidine rings is 1. The molecule has 1 saturated carbocycles. The minimum Gasteiger partial charge on any atom is -0.475 e. The van der Waals surface area contributed by atoms with Crippen LogP contribution in [0.3, 0.4) is 0 Å². The van der Waals surface area contributed by atoms with Crippen LogP contribution in [0.25, 0.3) is 11.3 Å². The zero-order valence-corrected chi connectivity index (χ0v) is 18.1. The van der Waals surface area contributed by atoms with Crippen molar-refractivity contribution in [2.24, 2.45) is 0 Å². The first kappa shape index (κ1) is 24.1. The van der Waals surface area contributed by atoms with Crippen molar-refractivity contribution < 1.29 is 37.5 Å². The number of rotatable bonds is 3. The Morgan fingerprint density at radius 3 is 2.40 bits per heavy atom. The fourth-order valence-corrected chi connectivity index (χ4v) is 3.96. The molecule has 0 spiro atoms. The van der Waals surface area contributed by atoms with Crippen molar-refractivity contribution in [3.8, 4) is 11.3 Å². The van der Waals surface area contributed by atoms with Crippen molar-refractivity contribution in [2.75, 3.05) is 5.73 Å². The number of anilines is 1. The smallest absolute Gasteiger partial charge is 0.475 e. The Labute approximate surface area is 196 Å². The van der Waals surface area contributed by atoms with E-state index in [2.05, 4.69) is 15.3 Å². The van der Waals surface area contributed by atoms with Gasteiger partial charge in [-0.05, 0) is 43.0 Å². The summed E-state index contributed by atoms with van der Waals surface area (Å²) in [6.07, 6.45) is -2.25. The summed E-state index contributed by atoms with van der Waals surface area (Å²) in [5.74, 6) is -2.93. The number of carbonyl (C=O) groups is 4. The van der Waals surface area contributed by atoms with Crippen molar-refractivity contribution in [2.45, 2.75) is 50.4 Å². The molecule has 13 heteroatoms. The van der Waals surface area contributed by atoms with Crippen molar-refractivity contribution in [1.82, 2.24) is 20.2 Å². The zero-order chi connectivity index (χ0) is 25.5. The molecule has 2 fully saturated rings. The van der Waals surface area contributed by atoms with Gasteiger partial charge in [0.2, 0.25) is 17.8 Å². The second-order valence-electron chi connectivity index (χ2n) is 8.39. The molecule has 2 aromatic rings. The van der Waals surface area contributed by atoms with E-state index < -0.39 is 24.1 Å². The molecule has 1 aliphatic carbocycles. The Balaban J connectivity index is 0.000000364. The van der Waals surface area contributed by atoms with Gasteiger partial charge >= 0.3 is 12.1 Å². The van der Waals surface area contributed by atoms with E-state index >= 15 is 0 Å². The lowest BCUT2D eigenvalue weighted by Crippen LogP contribution is -2.52. The minimum absolute atomic E-state index is 0.183. The lowest BCUT2D eigenvalue weighted by molar-refractivity contribution is -0.192. The van der Waals surface area contributed by atoms with Crippen LogP contribution in [0, 0.1) is 0 Å². The van der Waals surface area contributed by atoms with Crippen molar-refractivity contribution in [3.05, 3.63) is 41.1 Å². The van der Waals surface area contributed by atoms with E-state index in [0.29, 0.717) is 24.4 Å². The number of nitrogens with one attached hydrogen (secondary N) is 1. The maximum atomic E-state index is 12.8. The molecule has 184 valence electrons. The van der Waals surface area contributed by atoms with Crippen LogP contribution in [0.1, 0.15) is 53.2 Å². The van der Waals surface area contributed by atoms with E-state index in [1.165, 1.54) is 0 Å². The van der Waals surface area contributed by atoms with Crippen LogP contribution in [0.15, 0.2) is 24.3 Å². The number of aliphatic carboxylic acids is 1. The third-order valence-electron chi connectivity index (χ3n) is 5.82. The summed E-state index contributed by atoms with van der Waals surface area (Å²) in [6, 6.07) is 6.90. The Bertz CT molecular complexity index is 1230. The molecule has 1 aromatic heterocycles. The molecule has 3 aliphatic rings. The predicted molar refractivity (Wildman–Crippen MR) is 114 cm³/mol. The fraction of sp³-hybridized carbons (Fsp3) is 0.364. The van der Waals surface area contributed by atoms with Crippen LogP contribution >= 0.6 is 0 Å². The molecule has 1 atom stereocenters. The molecule has 1 unspecified atom stereocenters. The summed E-state index contributed by atoms with van der Waals surface area (Å²) in [5.41, 5.74) is 9.88. The average molecular weight is 491 g/mol. The molecule has 35 heavy (non-hydrogen) atoms. The van der Waals surface area contributed by atoms with Gasteiger partial charge < -0.3 is 15.7 Å². The quantitative estimate of drug-likeness (QED) is 0.551. The maximum Gasteiger partial charge on any atom is 0.490 e. The van der Waals surface area contributed by atoms with E-state index in [0.717, 1.165) is 35.4 Å². The van der Waals surface area contributed by atoms with Crippen LogP contribution in [0.4, 0.5) is 19.1 Å². The van der Waals surface area contributed by atoms with Crippen molar-refractivity contribution in [1.29, 1.82) is 0 Å². The van der Waals surface area contributed by atoms with Crippen LogP contribution in [0.2, 0.25) is 0 Å². The summed E-state index contributed by atoms with van der Waals surface area (Å²) in [4.78, 5) is 55.5. The van der Waals surface area contributed by atoms with Gasteiger partial charge in [-0.25, -0.2) is 14.8 Å². The first-order valence-electron chi connectivity index (χ1n) is 10.7. The summed E-state index contributed by atoms with van der Waals surface area (Å²) >= 11 is 0. The number of amides is 3. The number of nitrogen functional groups attached to an aromatic ring is 1. The van der Waals surface area contributed by atoms with Gasteiger partial charge in [0.15, 0.2) is 0 Å². The fourth-order valence-electron chi connectivity index (χ4n) is 3.96.